The highest BCUT2D eigenvalue weighted by molar-refractivity contribution is 9.10. The van der Waals surface area contributed by atoms with Crippen molar-refractivity contribution in [2.75, 3.05) is 0 Å². The first kappa shape index (κ1) is 10.8. The van der Waals surface area contributed by atoms with Gasteiger partial charge in [-0.15, -0.1) is 0 Å². The maximum Gasteiger partial charge on any atom is 0.152 e. The predicted octanol–water partition coefficient (Wildman–Crippen LogP) is 4.18. The molecule has 1 heterocycles. The van der Waals surface area contributed by atoms with E-state index in [-0.39, 0.29) is 29.6 Å². The molecule has 2 aromatic rings. The second-order valence-corrected chi connectivity index (χ2v) is 5.60. The number of aliphatic hydroxyl groups is 1. The average molecular weight is 362 g/mol. The van der Waals surface area contributed by atoms with E-state index in [9.17, 15) is 5.11 Å². The van der Waals surface area contributed by atoms with Crippen molar-refractivity contribution in [1.82, 2.24) is 9.55 Å². The minimum absolute atomic E-state index is 0.0187. The van der Waals surface area contributed by atoms with E-state index in [4.69, 9.17) is 17.1 Å². The molecule has 0 bridgehead atoms. The van der Waals surface area contributed by atoms with Gasteiger partial charge in [0.15, 0.2) is 5.15 Å². The van der Waals surface area contributed by atoms with Gasteiger partial charge in [0.1, 0.15) is 5.82 Å². The molecule has 20 heavy (non-hydrogen) atoms. The summed E-state index contributed by atoms with van der Waals surface area (Å²) < 4.78 is 33.9. The SMILES string of the molecule is [2H]C([2H])(O)c1c(Cl)nc(C([2H])([2H])CCC)n1Cc1ccc(Br)cc1. The molecular weight excluding hydrogens is 340 g/mol. The van der Waals surface area contributed by atoms with Crippen LogP contribution in [0.2, 0.25) is 5.15 Å². The number of rotatable bonds is 6. The van der Waals surface area contributed by atoms with Gasteiger partial charge in [-0.1, -0.05) is 53.0 Å². The Morgan fingerprint density at radius 3 is 2.70 bits per heavy atom. The van der Waals surface area contributed by atoms with E-state index in [1.54, 1.807) is 0 Å². The highest BCUT2D eigenvalue weighted by atomic mass is 79.9. The topological polar surface area (TPSA) is 38.1 Å². The zero-order chi connectivity index (χ0) is 18.1. The summed E-state index contributed by atoms with van der Waals surface area (Å²) in [6.07, 6.45) is -0.969. The average Bonchev–Trinajstić information content (AvgIpc) is 2.78. The summed E-state index contributed by atoms with van der Waals surface area (Å²) in [5, 5.41) is 9.61. The van der Waals surface area contributed by atoms with Crippen LogP contribution in [0.4, 0.5) is 0 Å². The Kier molecular flexibility index (Phi) is 3.92. The lowest BCUT2D eigenvalue weighted by molar-refractivity contribution is 0.271. The van der Waals surface area contributed by atoms with E-state index >= 15 is 0 Å². The van der Waals surface area contributed by atoms with Crippen molar-refractivity contribution in [2.45, 2.75) is 39.2 Å². The van der Waals surface area contributed by atoms with Gasteiger partial charge in [0.25, 0.3) is 0 Å². The summed E-state index contributed by atoms with van der Waals surface area (Å²) in [4.78, 5) is 4.03. The smallest absolute Gasteiger partial charge is 0.152 e. The number of imidazole rings is 1. The number of hydrogen-bond donors (Lipinski definition) is 1. The van der Waals surface area contributed by atoms with Crippen LogP contribution in [0.15, 0.2) is 28.7 Å². The number of hydrogen-bond acceptors (Lipinski definition) is 2. The van der Waals surface area contributed by atoms with E-state index < -0.39 is 12.9 Å². The van der Waals surface area contributed by atoms with E-state index in [0.29, 0.717) is 6.42 Å². The van der Waals surface area contributed by atoms with Crippen molar-refractivity contribution >= 4 is 27.5 Å². The van der Waals surface area contributed by atoms with Gasteiger partial charge >= 0.3 is 0 Å². The van der Waals surface area contributed by atoms with Crippen LogP contribution in [0.25, 0.3) is 0 Å². The Labute approximate surface area is 138 Å². The number of benzene rings is 1. The lowest BCUT2D eigenvalue weighted by atomic mass is 10.2. The maximum atomic E-state index is 9.84. The second-order valence-electron chi connectivity index (χ2n) is 4.33. The van der Waals surface area contributed by atoms with E-state index in [1.807, 2.05) is 31.2 Å². The monoisotopic (exact) mass is 360 g/mol. The Hall–Kier alpha value is -0.840. The molecule has 0 spiro atoms. The van der Waals surface area contributed by atoms with Gasteiger partial charge in [-0.05, 0) is 24.1 Å². The van der Waals surface area contributed by atoms with Crippen molar-refractivity contribution in [1.29, 1.82) is 0 Å². The van der Waals surface area contributed by atoms with Crippen molar-refractivity contribution in [3.63, 3.8) is 0 Å². The molecule has 5 heteroatoms. The third kappa shape index (κ3) is 3.62. The molecule has 1 N–H and O–H groups in total. The third-order valence-electron chi connectivity index (χ3n) is 2.82. The lowest BCUT2D eigenvalue weighted by Gasteiger charge is -2.11. The number of nitrogens with zero attached hydrogens (tertiary/aromatic N) is 2. The Morgan fingerprint density at radius 1 is 1.40 bits per heavy atom. The van der Waals surface area contributed by atoms with Crippen LogP contribution in [0.3, 0.4) is 0 Å². The Bertz CT molecular complexity index is 713. The van der Waals surface area contributed by atoms with Gasteiger partial charge in [0.05, 0.1) is 15.0 Å². The van der Waals surface area contributed by atoms with Gasteiger partial charge in [-0.3, -0.25) is 0 Å². The third-order valence-corrected chi connectivity index (χ3v) is 3.61. The van der Waals surface area contributed by atoms with E-state index in [2.05, 4.69) is 20.9 Å². The molecule has 3 nitrogen and oxygen atoms in total. The summed E-state index contributed by atoms with van der Waals surface area (Å²) in [5.41, 5.74) is 0.577. The molecule has 0 atom stereocenters. The molecule has 0 saturated heterocycles. The Morgan fingerprint density at radius 2 is 2.10 bits per heavy atom. The minimum Gasteiger partial charge on any atom is -0.390 e. The van der Waals surface area contributed by atoms with Gasteiger partial charge < -0.3 is 9.67 Å². The first-order valence-electron chi connectivity index (χ1n) is 8.30. The zero-order valence-corrected chi connectivity index (χ0v) is 13.4. The van der Waals surface area contributed by atoms with E-state index in [1.165, 1.54) is 4.57 Å². The molecule has 108 valence electrons. The first-order valence-corrected chi connectivity index (χ1v) is 7.47. The fourth-order valence-electron chi connectivity index (χ4n) is 1.83. The quantitative estimate of drug-likeness (QED) is 0.838. The zero-order valence-electron chi connectivity index (χ0n) is 15.0. The van der Waals surface area contributed by atoms with Crippen molar-refractivity contribution in [3.05, 3.63) is 51.0 Å². The molecule has 1 aromatic heterocycles. The summed E-state index contributed by atoms with van der Waals surface area (Å²) in [7, 11) is 0. The molecule has 0 aliphatic heterocycles. The van der Waals surface area contributed by atoms with Crippen molar-refractivity contribution in [2.24, 2.45) is 0 Å². The molecule has 0 radical (unpaired) electrons. The molecule has 1 aromatic carbocycles. The maximum absolute atomic E-state index is 9.84. The van der Waals surface area contributed by atoms with Crippen LogP contribution in [0.1, 0.15) is 42.3 Å². The predicted molar refractivity (Wildman–Crippen MR) is 85.0 cm³/mol. The second kappa shape index (κ2) is 7.25. The fraction of sp³-hybridized carbons (Fsp3) is 0.400. The van der Waals surface area contributed by atoms with Crippen LogP contribution < -0.4 is 0 Å². The van der Waals surface area contributed by atoms with Gasteiger partial charge in [-0.25, -0.2) is 4.98 Å². The normalized spacial score (nSPS) is 15.4. The standard InChI is InChI=1S/C15H18BrClN2O/c1-2-3-4-14-18-15(17)13(10-20)19(14)9-11-5-7-12(16)8-6-11/h5-8,20H,2-4,9-10H2,1H3/i4D2,10D2. The first-order chi connectivity index (χ1) is 11.1. The highest BCUT2D eigenvalue weighted by Gasteiger charge is 2.15. The van der Waals surface area contributed by atoms with Gasteiger partial charge in [-0.2, -0.15) is 0 Å². The van der Waals surface area contributed by atoms with Crippen molar-refractivity contribution in [3.8, 4) is 0 Å². The van der Waals surface area contributed by atoms with Crippen LogP contribution in [0, 0.1) is 0 Å². The van der Waals surface area contributed by atoms with Gasteiger partial charge in [0, 0.05) is 20.1 Å². The van der Waals surface area contributed by atoms with E-state index in [0.717, 1.165) is 10.0 Å². The highest BCUT2D eigenvalue weighted by Crippen LogP contribution is 2.21. The summed E-state index contributed by atoms with van der Waals surface area (Å²) in [6, 6.07) is 7.32. The van der Waals surface area contributed by atoms with Crippen LogP contribution in [-0.2, 0) is 19.5 Å². The molecule has 2 rings (SSSR count). The lowest BCUT2D eigenvalue weighted by Crippen LogP contribution is -2.09. The summed E-state index contributed by atoms with van der Waals surface area (Å²) >= 11 is 9.37. The minimum atomic E-state index is -2.72. The Balaban J connectivity index is 2.58. The molecule has 0 aliphatic carbocycles. The molecule has 0 amide bonds. The van der Waals surface area contributed by atoms with Gasteiger partial charge in [0.2, 0.25) is 0 Å². The summed E-state index contributed by atoms with van der Waals surface area (Å²) in [6.45, 7) is -0.714. The largest absolute Gasteiger partial charge is 0.390 e. The fourth-order valence-corrected chi connectivity index (χ4v) is 2.32. The van der Waals surface area contributed by atoms with Crippen molar-refractivity contribution < 1.29 is 10.6 Å². The number of aromatic nitrogens is 2. The van der Waals surface area contributed by atoms with Crippen LogP contribution in [-0.4, -0.2) is 14.7 Å². The molecular formula is C15H18BrClN2O. The van der Waals surface area contributed by atoms with Crippen LogP contribution >= 0.6 is 27.5 Å². The summed E-state index contributed by atoms with van der Waals surface area (Å²) in [5.74, 6) is 0.0187. The number of aryl methyl sites for hydroxylation is 1. The molecule has 0 saturated carbocycles. The van der Waals surface area contributed by atoms with Crippen LogP contribution in [0.5, 0.6) is 0 Å². The molecule has 0 unspecified atom stereocenters. The molecule has 0 fully saturated rings. The number of halogens is 2. The molecule has 0 aliphatic rings.